The maximum Gasteiger partial charge on any atom is 0.154 e. The predicted octanol–water partition coefficient (Wildman–Crippen LogP) is 5.04. The average Bonchev–Trinajstić information content (AvgIpc) is 2.67. The molecule has 1 N–H and O–H groups in total. The lowest BCUT2D eigenvalue weighted by molar-refractivity contribution is 0.513. The molecule has 27 heavy (non-hydrogen) atoms. The lowest BCUT2D eigenvalue weighted by atomic mass is 9.99. The molecule has 0 aliphatic heterocycles. The molecule has 0 fully saturated rings. The number of rotatable bonds is 7. The van der Waals surface area contributed by atoms with Gasteiger partial charge in [0.1, 0.15) is 5.76 Å². The Morgan fingerprint density at radius 3 is 2.11 bits per heavy atom. The Labute approximate surface area is 160 Å². The highest BCUT2D eigenvalue weighted by molar-refractivity contribution is 7.90. The number of aliphatic hydroxyl groups is 1. The van der Waals surface area contributed by atoms with Crippen molar-refractivity contribution in [1.29, 1.82) is 0 Å². The molecule has 138 valence electrons. The van der Waals surface area contributed by atoms with Gasteiger partial charge in [0.15, 0.2) is 9.84 Å². The van der Waals surface area contributed by atoms with Crippen molar-refractivity contribution in [3.8, 4) is 11.1 Å². The maximum atomic E-state index is 12.7. The van der Waals surface area contributed by atoms with Crippen molar-refractivity contribution in [2.45, 2.75) is 12.2 Å². The van der Waals surface area contributed by atoms with Crippen LogP contribution in [-0.2, 0) is 22.0 Å². The van der Waals surface area contributed by atoms with Crippen LogP contribution in [0.15, 0.2) is 85.4 Å². The van der Waals surface area contributed by atoms with Crippen molar-refractivity contribution in [2.24, 2.45) is 0 Å². The van der Waals surface area contributed by atoms with E-state index in [1.54, 1.807) is 6.07 Å². The highest BCUT2D eigenvalue weighted by Crippen LogP contribution is 2.26. The van der Waals surface area contributed by atoms with Gasteiger partial charge in [0.25, 0.3) is 0 Å². The van der Waals surface area contributed by atoms with Crippen molar-refractivity contribution in [3.63, 3.8) is 0 Å². The van der Waals surface area contributed by atoms with E-state index in [0.717, 1.165) is 16.7 Å². The molecule has 0 bridgehead atoms. The quantitative estimate of drug-likeness (QED) is 0.586. The molecule has 0 heterocycles. The van der Waals surface area contributed by atoms with Crippen LogP contribution in [0.2, 0.25) is 0 Å². The van der Waals surface area contributed by atoms with Crippen LogP contribution < -0.4 is 0 Å². The Morgan fingerprint density at radius 2 is 1.48 bits per heavy atom. The molecule has 0 amide bonds. The zero-order chi connectivity index (χ0) is 19.3. The zero-order valence-corrected chi connectivity index (χ0v) is 15.8. The van der Waals surface area contributed by atoms with E-state index < -0.39 is 9.84 Å². The Balaban J connectivity index is 1.86. The van der Waals surface area contributed by atoms with Crippen LogP contribution in [0.25, 0.3) is 16.9 Å². The zero-order valence-electron chi connectivity index (χ0n) is 15.0. The maximum absolute atomic E-state index is 12.7. The van der Waals surface area contributed by atoms with Crippen LogP contribution in [0.1, 0.15) is 16.7 Å². The second-order valence-electron chi connectivity index (χ2n) is 6.51. The number of hydrogen-bond acceptors (Lipinski definition) is 3. The van der Waals surface area contributed by atoms with Crippen LogP contribution in [0.4, 0.5) is 0 Å². The minimum absolute atomic E-state index is 0.0594. The van der Waals surface area contributed by atoms with Crippen LogP contribution in [0.5, 0.6) is 0 Å². The van der Waals surface area contributed by atoms with E-state index in [2.05, 4.69) is 6.58 Å². The standard InChI is InChI=1S/C23H22O3S/c1-18(24)23-13-12-21(20-10-6-3-7-11-20)16-22(23)17-27(25,26)15-14-19-8-4-2-5-9-19/h2-13,16,24H,1,14-15,17H2. The third kappa shape index (κ3) is 5.08. The normalized spacial score (nSPS) is 11.3. The van der Waals surface area contributed by atoms with E-state index in [0.29, 0.717) is 17.5 Å². The van der Waals surface area contributed by atoms with Crippen LogP contribution >= 0.6 is 0 Å². The van der Waals surface area contributed by atoms with Crippen LogP contribution in [-0.4, -0.2) is 19.3 Å². The first-order valence-corrected chi connectivity index (χ1v) is 10.6. The number of aliphatic hydroxyl groups excluding tert-OH is 1. The fourth-order valence-electron chi connectivity index (χ4n) is 3.03. The first kappa shape index (κ1) is 18.9. The fraction of sp³-hybridized carbons (Fsp3) is 0.130. The molecule has 3 aromatic rings. The molecule has 0 atom stereocenters. The molecule has 3 nitrogen and oxygen atoms in total. The number of aryl methyl sites for hydroxylation is 1. The average molecular weight is 378 g/mol. The largest absolute Gasteiger partial charge is 0.508 e. The van der Waals surface area contributed by atoms with Crippen molar-refractivity contribution < 1.29 is 13.5 Å². The third-order valence-electron chi connectivity index (χ3n) is 4.44. The van der Waals surface area contributed by atoms with E-state index in [1.165, 1.54) is 0 Å². The molecule has 0 spiro atoms. The first-order chi connectivity index (χ1) is 12.9. The SMILES string of the molecule is C=C(O)c1ccc(-c2ccccc2)cc1CS(=O)(=O)CCc1ccccc1. The summed E-state index contributed by atoms with van der Waals surface area (Å²) in [5.41, 5.74) is 3.94. The smallest absolute Gasteiger partial charge is 0.154 e. The van der Waals surface area contributed by atoms with Gasteiger partial charge in [-0.25, -0.2) is 8.42 Å². The molecule has 0 radical (unpaired) electrons. The minimum Gasteiger partial charge on any atom is -0.508 e. The molecule has 0 aliphatic carbocycles. The minimum atomic E-state index is -3.34. The molecular weight excluding hydrogens is 356 g/mol. The number of hydrogen-bond donors (Lipinski definition) is 1. The fourth-order valence-corrected chi connectivity index (χ4v) is 4.44. The first-order valence-electron chi connectivity index (χ1n) is 8.75. The van der Waals surface area contributed by atoms with E-state index in [9.17, 15) is 13.5 Å². The van der Waals surface area contributed by atoms with E-state index in [-0.39, 0.29) is 17.3 Å². The molecular formula is C23H22O3S. The molecule has 0 aromatic heterocycles. The van der Waals surface area contributed by atoms with Gasteiger partial charge in [-0.15, -0.1) is 0 Å². The van der Waals surface area contributed by atoms with Crippen molar-refractivity contribution in [1.82, 2.24) is 0 Å². The van der Waals surface area contributed by atoms with Gasteiger partial charge in [0.05, 0.1) is 11.5 Å². The van der Waals surface area contributed by atoms with Gasteiger partial charge < -0.3 is 5.11 Å². The van der Waals surface area contributed by atoms with Gasteiger partial charge in [-0.05, 0) is 34.7 Å². The van der Waals surface area contributed by atoms with Crippen molar-refractivity contribution in [2.75, 3.05) is 5.75 Å². The second-order valence-corrected chi connectivity index (χ2v) is 8.70. The van der Waals surface area contributed by atoms with Crippen molar-refractivity contribution >= 4 is 15.6 Å². The van der Waals surface area contributed by atoms with Gasteiger partial charge in [-0.2, -0.15) is 0 Å². The predicted molar refractivity (Wildman–Crippen MR) is 111 cm³/mol. The molecule has 3 rings (SSSR count). The Hall–Kier alpha value is -2.85. The Kier molecular flexibility index (Phi) is 5.77. The lowest BCUT2D eigenvalue weighted by Gasteiger charge is -2.12. The molecule has 0 saturated heterocycles. The topological polar surface area (TPSA) is 54.4 Å². The van der Waals surface area contributed by atoms with Gasteiger partial charge in [0.2, 0.25) is 0 Å². The van der Waals surface area contributed by atoms with Crippen LogP contribution in [0.3, 0.4) is 0 Å². The molecule has 4 heteroatoms. The highest BCUT2D eigenvalue weighted by atomic mass is 32.2. The number of sulfone groups is 1. The van der Waals surface area contributed by atoms with Gasteiger partial charge in [-0.3, -0.25) is 0 Å². The molecule has 0 unspecified atom stereocenters. The van der Waals surface area contributed by atoms with Gasteiger partial charge >= 0.3 is 0 Å². The third-order valence-corrected chi connectivity index (χ3v) is 6.02. The summed E-state index contributed by atoms with van der Waals surface area (Å²) in [6.07, 6.45) is 0.469. The van der Waals surface area contributed by atoms with E-state index in [4.69, 9.17) is 0 Å². The molecule has 0 aliphatic rings. The number of benzene rings is 3. The lowest BCUT2D eigenvalue weighted by Crippen LogP contribution is -2.13. The summed E-state index contributed by atoms with van der Waals surface area (Å²) in [6, 6.07) is 24.7. The summed E-state index contributed by atoms with van der Waals surface area (Å²) in [5.74, 6) is -0.192. The monoisotopic (exact) mass is 378 g/mol. The van der Waals surface area contributed by atoms with Crippen molar-refractivity contribution in [3.05, 3.63) is 102 Å². The van der Waals surface area contributed by atoms with Crippen LogP contribution in [0, 0.1) is 0 Å². The summed E-state index contributed by atoms with van der Waals surface area (Å²) >= 11 is 0. The Bertz CT molecular complexity index is 1020. The highest BCUT2D eigenvalue weighted by Gasteiger charge is 2.17. The van der Waals surface area contributed by atoms with E-state index in [1.807, 2.05) is 72.8 Å². The summed E-state index contributed by atoms with van der Waals surface area (Å²) in [7, 11) is -3.34. The second kappa shape index (κ2) is 8.23. The van der Waals surface area contributed by atoms with Gasteiger partial charge in [0, 0.05) is 5.56 Å². The summed E-state index contributed by atoms with van der Waals surface area (Å²) in [5, 5.41) is 9.88. The van der Waals surface area contributed by atoms with E-state index >= 15 is 0 Å². The molecule has 0 saturated carbocycles. The van der Waals surface area contributed by atoms with Gasteiger partial charge in [-0.1, -0.05) is 79.4 Å². The molecule has 3 aromatic carbocycles. The summed E-state index contributed by atoms with van der Waals surface area (Å²) in [6.45, 7) is 3.57. The summed E-state index contributed by atoms with van der Waals surface area (Å²) < 4.78 is 25.4. The Morgan fingerprint density at radius 1 is 0.852 bits per heavy atom. The summed E-state index contributed by atoms with van der Waals surface area (Å²) in [4.78, 5) is 0.